The van der Waals surface area contributed by atoms with Gasteiger partial charge in [-0.15, -0.1) is 0 Å². The fourth-order valence-electron chi connectivity index (χ4n) is 2.32. The average Bonchev–Trinajstić information content (AvgIpc) is 2.55. The van der Waals surface area contributed by atoms with Crippen LogP contribution >= 0.6 is 12.2 Å². The standard InChI is InChI=1S/C19H24N2S/c1-3-4-14-20-19(22)21-18(16-8-6-5-7-9-16)17-12-10-15(2)11-13-17/h5-13,18H,3-4,14H2,1-2H3,(H2,20,21,22)/t18-/m0/s1. The summed E-state index contributed by atoms with van der Waals surface area (Å²) in [7, 11) is 0. The quantitative estimate of drug-likeness (QED) is 0.612. The lowest BCUT2D eigenvalue weighted by atomic mass is 9.98. The molecule has 0 heterocycles. The highest BCUT2D eigenvalue weighted by molar-refractivity contribution is 7.80. The van der Waals surface area contributed by atoms with E-state index in [2.05, 4.69) is 73.0 Å². The van der Waals surface area contributed by atoms with Crippen molar-refractivity contribution in [2.45, 2.75) is 32.7 Å². The Morgan fingerprint density at radius 2 is 1.64 bits per heavy atom. The maximum absolute atomic E-state index is 5.45. The molecule has 2 rings (SSSR count). The van der Waals surface area contributed by atoms with E-state index >= 15 is 0 Å². The molecule has 0 saturated heterocycles. The number of thiocarbonyl (C=S) groups is 1. The van der Waals surface area contributed by atoms with E-state index in [9.17, 15) is 0 Å². The Bertz CT molecular complexity index is 578. The lowest BCUT2D eigenvalue weighted by Crippen LogP contribution is -2.38. The van der Waals surface area contributed by atoms with E-state index in [1.807, 2.05) is 6.07 Å². The number of nitrogens with one attached hydrogen (secondary N) is 2. The van der Waals surface area contributed by atoms with Crippen molar-refractivity contribution in [1.82, 2.24) is 10.6 Å². The zero-order valence-corrected chi connectivity index (χ0v) is 14.1. The van der Waals surface area contributed by atoms with Crippen molar-refractivity contribution in [3.8, 4) is 0 Å². The zero-order valence-electron chi connectivity index (χ0n) is 13.3. The molecular formula is C19H24N2S. The maximum Gasteiger partial charge on any atom is 0.167 e. The van der Waals surface area contributed by atoms with Gasteiger partial charge >= 0.3 is 0 Å². The molecule has 22 heavy (non-hydrogen) atoms. The molecule has 2 aromatic rings. The maximum atomic E-state index is 5.45. The van der Waals surface area contributed by atoms with E-state index in [0.29, 0.717) is 5.11 Å². The van der Waals surface area contributed by atoms with E-state index < -0.39 is 0 Å². The molecule has 2 nitrogen and oxygen atoms in total. The molecule has 0 amide bonds. The molecule has 0 unspecified atom stereocenters. The summed E-state index contributed by atoms with van der Waals surface area (Å²) in [5.41, 5.74) is 3.70. The first kappa shape index (κ1) is 16.5. The Morgan fingerprint density at radius 1 is 1.00 bits per heavy atom. The third kappa shape index (κ3) is 4.85. The van der Waals surface area contributed by atoms with Gasteiger partial charge in [0.15, 0.2) is 5.11 Å². The second-order valence-electron chi connectivity index (χ2n) is 5.51. The summed E-state index contributed by atoms with van der Waals surface area (Å²) >= 11 is 5.45. The number of hydrogen-bond acceptors (Lipinski definition) is 1. The fraction of sp³-hybridized carbons (Fsp3) is 0.316. The molecule has 0 bridgehead atoms. The molecule has 0 spiro atoms. The minimum absolute atomic E-state index is 0.0726. The molecule has 1 atom stereocenters. The first-order valence-electron chi connectivity index (χ1n) is 7.86. The van der Waals surface area contributed by atoms with Crippen LogP contribution in [0.3, 0.4) is 0 Å². The van der Waals surface area contributed by atoms with Crippen LogP contribution in [0.4, 0.5) is 0 Å². The Hall–Kier alpha value is -1.87. The van der Waals surface area contributed by atoms with E-state index in [0.717, 1.165) is 19.4 Å². The molecule has 0 aromatic heterocycles. The van der Waals surface area contributed by atoms with Crippen LogP contribution in [0.1, 0.15) is 42.5 Å². The molecule has 0 aliphatic rings. The molecular weight excluding hydrogens is 288 g/mol. The Labute approximate surface area is 139 Å². The Morgan fingerprint density at radius 3 is 2.27 bits per heavy atom. The van der Waals surface area contributed by atoms with Crippen molar-refractivity contribution < 1.29 is 0 Å². The lowest BCUT2D eigenvalue weighted by Gasteiger charge is -2.22. The highest BCUT2D eigenvalue weighted by Crippen LogP contribution is 2.22. The van der Waals surface area contributed by atoms with Gasteiger partial charge in [-0.05, 0) is 36.7 Å². The van der Waals surface area contributed by atoms with E-state index in [1.165, 1.54) is 16.7 Å². The summed E-state index contributed by atoms with van der Waals surface area (Å²) in [6.07, 6.45) is 2.29. The van der Waals surface area contributed by atoms with Crippen LogP contribution in [0, 0.1) is 6.92 Å². The summed E-state index contributed by atoms with van der Waals surface area (Å²) in [4.78, 5) is 0. The molecule has 0 radical (unpaired) electrons. The van der Waals surface area contributed by atoms with Gasteiger partial charge in [0.1, 0.15) is 0 Å². The van der Waals surface area contributed by atoms with Crippen molar-refractivity contribution >= 4 is 17.3 Å². The molecule has 3 heteroatoms. The average molecular weight is 312 g/mol. The van der Waals surface area contributed by atoms with Gasteiger partial charge in [0.2, 0.25) is 0 Å². The smallest absolute Gasteiger partial charge is 0.167 e. The molecule has 0 aliphatic heterocycles. The number of hydrogen-bond donors (Lipinski definition) is 2. The molecule has 2 N–H and O–H groups in total. The number of unbranched alkanes of at least 4 members (excludes halogenated alkanes) is 1. The zero-order chi connectivity index (χ0) is 15.8. The molecule has 2 aromatic carbocycles. The third-order valence-electron chi connectivity index (χ3n) is 3.63. The Kier molecular flexibility index (Phi) is 6.41. The number of rotatable bonds is 6. The largest absolute Gasteiger partial charge is 0.363 e. The van der Waals surface area contributed by atoms with Crippen molar-refractivity contribution in [3.63, 3.8) is 0 Å². The first-order valence-corrected chi connectivity index (χ1v) is 8.27. The van der Waals surface area contributed by atoms with Crippen molar-refractivity contribution in [1.29, 1.82) is 0 Å². The molecule has 0 saturated carbocycles. The van der Waals surface area contributed by atoms with Gasteiger partial charge in [-0.2, -0.15) is 0 Å². The van der Waals surface area contributed by atoms with Crippen LogP contribution < -0.4 is 10.6 Å². The van der Waals surface area contributed by atoms with Crippen LogP contribution in [0.15, 0.2) is 54.6 Å². The summed E-state index contributed by atoms with van der Waals surface area (Å²) in [6.45, 7) is 5.20. The van der Waals surface area contributed by atoms with E-state index in [4.69, 9.17) is 12.2 Å². The van der Waals surface area contributed by atoms with Crippen LogP contribution in [-0.4, -0.2) is 11.7 Å². The van der Waals surface area contributed by atoms with Crippen LogP contribution in [0.2, 0.25) is 0 Å². The predicted octanol–water partition coefficient (Wildman–Crippen LogP) is 4.35. The molecule has 116 valence electrons. The van der Waals surface area contributed by atoms with Gasteiger partial charge in [0.25, 0.3) is 0 Å². The van der Waals surface area contributed by atoms with Gasteiger partial charge in [-0.3, -0.25) is 0 Å². The SMILES string of the molecule is CCCCNC(=S)N[C@@H](c1ccccc1)c1ccc(C)cc1. The second-order valence-corrected chi connectivity index (χ2v) is 5.92. The minimum atomic E-state index is 0.0726. The van der Waals surface area contributed by atoms with Crippen molar-refractivity contribution in [2.75, 3.05) is 6.54 Å². The summed E-state index contributed by atoms with van der Waals surface area (Å²) in [5, 5.41) is 7.44. The second kappa shape index (κ2) is 8.54. The first-order chi connectivity index (χ1) is 10.7. The highest BCUT2D eigenvalue weighted by Gasteiger charge is 2.14. The van der Waals surface area contributed by atoms with Gasteiger partial charge in [0, 0.05) is 6.54 Å². The van der Waals surface area contributed by atoms with Crippen molar-refractivity contribution in [2.24, 2.45) is 0 Å². The summed E-state index contributed by atoms with van der Waals surface area (Å²) in [6, 6.07) is 19.1. The van der Waals surface area contributed by atoms with E-state index in [1.54, 1.807) is 0 Å². The van der Waals surface area contributed by atoms with Gasteiger partial charge in [-0.25, -0.2) is 0 Å². The lowest BCUT2D eigenvalue weighted by molar-refractivity contribution is 0.707. The monoisotopic (exact) mass is 312 g/mol. The number of aryl methyl sites for hydroxylation is 1. The summed E-state index contributed by atoms with van der Waals surface area (Å²) < 4.78 is 0. The van der Waals surface area contributed by atoms with Gasteiger partial charge in [0.05, 0.1) is 6.04 Å². The van der Waals surface area contributed by atoms with E-state index in [-0.39, 0.29) is 6.04 Å². The summed E-state index contributed by atoms with van der Waals surface area (Å²) in [5.74, 6) is 0. The number of benzene rings is 2. The Balaban J connectivity index is 2.15. The van der Waals surface area contributed by atoms with Crippen LogP contribution in [-0.2, 0) is 0 Å². The topological polar surface area (TPSA) is 24.1 Å². The van der Waals surface area contributed by atoms with Gasteiger partial charge in [-0.1, -0.05) is 73.5 Å². The highest BCUT2D eigenvalue weighted by atomic mass is 32.1. The fourth-order valence-corrected chi connectivity index (χ4v) is 2.54. The molecule has 0 fully saturated rings. The minimum Gasteiger partial charge on any atom is -0.363 e. The third-order valence-corrected chi connectivity index (χ3v) is 3.90. The van der Waals surface area contributed by atoms with Crippen LogP contribution in [0.5, 0.6) is 0 Å². The normalized spacial score (nSPS) is 11.7. The van der Waals surface area contributed by atoms with Crippen molar-refractivity contribution in [3.05, 3.63) is 71.3 Å². The van der Waals surface area contributed by atoms with Crippen LogP contribution in [0.25, 0.3) is 0 Å². The van der Waals surface area contributed by atoms with Gasteiger partial charge < -0.3 is 10.6 Å². The predicted molar refractivity (Wildman–Crippen MR) is 98.1 cm³/mol. The molecule has 0 aliphatic carbocycles.